The quantitative estimate of drug-likeness (QED) is 0.329. The summed E-state index contributed by atoms with van der Waals surface area (Å²) in [4.78, 5) is 61.1. The van der Waals surface area contributed by atoms with Gasteiger partial charge in [0, 0.05) is 49.7 Å². The predicted octanol–water partition coefficient (Wildman–Crippen LogP) is -0.655. The Morgan fingerprint density at radius 2 is 1.27 bits per heavy atom. The molecule has 0 aliphatic heterocycles. The van der Waals surface area contributed by atoms with Gasteiger partial charge in [0.15, 0.2) is 0 Å². The largest absolute Gasteiger partial charge is 0.337 e. The molecule has 2 aromatic rings. The third-order valence-corrected chi connectivity index (χ3v) is 3.78. The van der Waals surface area contributed by atoms with Gasteiger partial charge in [0.1, 0.15) is 0 Å². The minimum absolute atomic E-state index is 0.0745. The minimum atomic E-state index is -0.491. The Bertz CT molecular complexity index is 922. The van der Waals surface area contributed by atoms with Crippen LogP contribution in [-0.2, 0) is 0 Å². The highest BCUT2D eigenvalue weighted by atomic mass is 16.2. The molecule has 0 bridgehead atoms. The maximum Gasteiger partial charge on any atom is 0.321 e. The van der Waals surface area contributed by atoms with Crippen molar-refractivity contribution in [3.05, 3.63) is 44.2 Å². The van der Waals surface area contributed by atoms with E-state index < -0.39 is 23.2 Å². The zero-order chi connectivity index (χ0) is 22.1. The molecule has 4 amide bonds. The molecule has 0 aliphatic rings. The summed E-state index contributed by atoms with van der Waals surface area (Å²) in [6.45, 7) is 5.12. The molecular weight excluding hydrogens is 394 g/mol. The molecule has 0 aromatic carbocycles. The van der Waals surface area contributed by atoms with Crippen LogP contribution in [0.2, 0.25) is 0 Å². The molecule has 0 unspecified atom stereocenters. The Hall–Kier alpha value is -3.74. The van der Waals surface area contributed by atoms with Crippen molar-refractivity contribution in [1.29, 1.82) is 0 Å². The fourth-order valence-electron chi connectivity index (χ4n) is 2.41. The Labute approximate surface area is 171 Å². The van der Waals surface area contributed by atoms with Crippen LogP contribution >= 0.6 is 0 Å². The zero-order valence-electron chi connectivity index (χ0n) is 17.0. The number of amides is 4. The van der Waals surface area contributed by atoms with Crippen molar-refractivity contribution in [3.63, 3.8) is 0 Å². The van der Waals surface area contributed by atoms with Gasteiger partial charge in [-0.25, -0.2) is 9.59 Å². The fraction of sp³-hybridized carbons (Fsp3) is 0.412. The molecule has 2 aromatic heterocycles. The standard InChI is InChI=1S/C17H25N9O4/c1-10-8-12(27)22-14(20-10)24-16(29)18-4-6-26(3)7-5-19-17(30)25-15-21-11(2)9-13(28)23-15/h8-9H,4-7H2,1-3H3,(H3,18,20,22,24,27,29)(H3,19,21,23,25,28,30). The summed E-state index contributed by atoms with van der Waals surface area (Å²) in [6, 6.07) is 1.66. The van der Waals surface area contributed by atoms with Gasteiger partial charge >= 0.3 is 12.1 Å². The Morgan fingerprint density at radius 3 is 1.63 bits per heavy atom. The summed E-state index contributed by atoms with van der Waals surface area (Å²) < 4.78 is 0. The number of likely N-dealkylation sites (N-methyl/N-ethyl adjacent to an activating group) is 1. The van der Waals surface area contributed by atoms with Crippen LogP contribution in [0.1, 0.15) is 11.4 Å². The van der Waals surface area contributed by atoms with Gasteiger partial charge in [-0.3, -0.25) is 20.2 Å². The number of H-pyrrole nitrogens is 2. The summed E-state index contributed by atoms with van der Waals surface area (Å²) in [7, 11) is 1.83. The first-order chi connectivity index (χ1) is 14.2. The van der Waals surface area contributed by atoms with E-state index in [1.165, 1.54) is 12.1 Å². The third-order valence-electron chi connectivity index (χ3n) is 3.78. The Balaban J connectivity index is 1.63. The van der Waals surface area contributed by atoms with E-state index in [-0.39, 0.29) is 11.9 Å². The Kier molecular flexibility index (Phi) is 8.05. The van der Waals surface area contributed by atoms with E-state index in [0.29, 0.717) is 37.6 Å². The molecule has 0 saturated carbocycles. The number of carbonyl (C=O) groups is 2. The summed E-state index contributed by atoms with van der Waals surface area (Å²) in [6.07, 6.45) is 0. The second-order valence-corrected chi connectivity index (χ2v) is 6.57. The monoisotopic (exact) mass is 419 g/mol. The van der Waals surface area contributed by atoms with E-state index >= 15 is 0 Å². The number of aromatic amines is 2. The van der Waals surface area contributed by atoms with E-state index in [1.54, 1.807) is 13.8 Å². The molecule has 2 rings (SSSR count). The van der Waals surface area contributed by atoms with Crippen LogP contribution < -0.4 is 32.4 Å². The number of hydrogen-bond donors (Lipinski definition) is 6. The minimum Gasteiger partial charge on any atom is -0.337 e. The van der Waals surface area contributed by atoms with Crippen LogP contribution in [0, 0.1) is 13.8 Å². The highest BCUT2D eigenvalue weighted by molar-refractivity contribution is 5.87. The molecule has 13 nitrogen and oxygen atoms in total. The van der Waals surface area contributed by atoms with E-state index in [0.717, 1.165) is 0 Å². The fourth-order valence-corrected chi connectivity index (χ4v) is 2.41. The number of nitrogens with one attached hydrogen (secondary N) is 6. The number of aromatic nitrogens is 4. The van der Waals surface area contributed by atoms with E-state index in [9.17, 15) is 19.2 Å². The molecule has 6 N–H and O–H groups in total. The summed E-state index contributed by atoms with van der Waals surface area (Å²) >= 11 is 0. The number of aryl methyl sites for hydroxylation is 2. The third kappa shape index (κ3) is 8.10. The molecular formula is C17H25N9O4. The maximum atomic E-state index is 11.8. The maximum absolute atomic E-state index is 11.8. The average Bonchev–Trinajstić information content (AvgIpc) is 2.59. The predicted molar refractivity (Wildman–Crippen MR) is 111 cm³/mol. The van der Waals surface area contributed by atoms with Gasteiger partial charge in [0.25, 0.3) is 11.1 Å². The molecule has 162 valence electrons. The number of urea groups is 2. The first-order valence-corrected chi connectivity index (χ1v) is 9.15. The highest BCUT2D eigenvalue weighted by Gasteiger charge is 2.07. The van der Waals surface area contributed by atoms with E-state index in [4.69, 9.17) is 0 Å². The molecule has 30 heavy (non-hydrogen) atoms. The molecule has 13 heteroatoms. The normalized spacial score (nSPS) is 10.5. The molecule has 2 heterocycles. The van der Waals surface area contributed by atoms with Gasteiger partial charge in [-0.1, -0.05) is 0 Å². The van der Waals surface area contributed by atoms with Gasteiger partial charge < -0.3 is 25.5 Å². The molecule has 0 spiro atoms. The van der Waals surface area contributed by atoms with Crippen LogP contribution in [0.25, 0.3) is 0 Å². The highest BCUT2D eigenvalue weighted by Crippen LogP contribution is 1.96. The van der Waals surface area contributed by atoms with Gasteiger partial charge in [0.2, 0.25) is 11.9 Å². The SMILES string of the molecule is Cc1cc(=O)nc(NC(=O)NCCN(C)CCNC(=O)Nc2nc(=O)cc(C)[nH]2)[nH]1. The van der Waals surface area contributed by atoms with Gasteiger partial charge in [-0.2, -0.15) is 9.97 Å². The molecule has 0 fully saturated rings. The zero-order valence-corrected chi connectivity index (χ0v) is 17.0. The van der Waals surface area contributed by atoms with Crippen molar-refractivity contribution in [1.82, 2.24) is 35.5 Å². The van der Waals surface area contributed by atoms with Gasteiger partial charge in [0.05, 0.1) is 0 Å². The average molecular weight is 419 g/mol. The number of anilines is 2. The summed E-state index contributed by atoms with van der Waals surface area (Å²) in [5, 5.41) is 10.2. The molecule has 0 aliphatic carbocycles. The topological polar surface area (TPSA) is 177 Å². The second-order valence-electron chi connectivity index (χ2n) is 6.57. The number of hydrogen-bond acceptors (Lipinski definition) is 7. The van der Waals surface area contributed by atoms with Crippen LogP contribution in [0.5, 0.6) is 0 Å². The van der Waals surface area contributed by atoms with E-state index in [1.807, 2.05) is 11.9 Å². The molecule has 0 atom stereocenters. The molecule has 0 saturated heterocycles. The van der Waals surface area contributed by atoms with Crippen molar-refractivity contribution in [2.24, 2.45) is 0 Å². The molecule has 0 radical (unpaired) electrons. The van der Waals surface area contributed by atoms with Crippen LogP contribution in [0.3, 0.4) is 0 Å². The second kappa shape index (κ2) is 10.7. The van der Waals surface area contributed by atoms with Gasteiger partial charge in [-0.15, -0.1) is 0 Å². The van der Waals surface area contributed by atoms with Crippen LogP contribution in [0.15, 0.2) is 21.7 Å². The Morgan fingerprint density at radius 1 is 0.867 bits per heavy atom. The number of nitrogens with zero attached hydrogens (tertiary/aromatic N) is 3. The first kappa shape index (κ1) is 22.5. The van der Waals surface area contributed by atoms with Gasteiger partial charge in [-0.05, 0) is 20.9 Å². The first-order valence-electron chi connectivity index (χ1n) is 9.15. The van der Waals surface area contributed by atoms with E-state index in [2.05, 4.69) is 41.2 Å². The lowest BCUT2D eigenvalue weighted by atomic mass is 10.4. The van der Waals surface area contributed by atoms with Crippen molar-refractivity contribution in [2.75, 3.05) is 43.9 Å². The lowest BCUT2D eigenvalue weighted by Crippen LogP contribution is -2.40. The van der Waals surface area contributed by atoms with Crippen molar-refractivity contribution in [3.8, 4) is 0 Å². The lowest BCUT2D eigenvalue weighted by Gasteiger charge is -2.17. The smallest absolute Gasteiger partial charge is 0.321 e. The summed E-state index contributed by atoms with van der Waals surface area (Å²) in [5.74, 6) is 0.149. The van der Waals surface area contributed by atoms with Crippen molar-refractivity contribution in [2.45, 2.75) is 13.8 Å². The number of carbonyl (C=O) groups excluding carboxylic acids is 2. The van der Waals surface area contributed by atoms with Crippen molar-refractivity contribution < 1.29 is 9.59 Å². The van der Waals surface area contributed by atoms with Crippen LogP contribution in [-0.4, -0.2) is 70.1 Å². The number of rotatable bonds is 8. The van der Waals surface area contributed by atoms with Crippen LogP contribution in [0.4, 0.5) is 21.5 Å². The summed E-state index contributed by atoms with van der Waals surface area (Å²) in [5.41, 5.74) is 0.293. The lowest BCUT2D eigenvalue weighted by molar-refractivity contribution is 0.247. The van der Waals surface area contributed by atoms with Crippen molar-refractivity contribution >= 4 is 24.0 Å².